The lowest BCUT2D eigenvalue weighted by Crippen LogP contribution is -2.38. The van der Waals surface area contributed by atoms with Crippen molar-refractivity contribution in [2.24, 2.45) is 4.99 Å². The van der Waals surface area contributed by atoms with Crippen molar-refractivity contribution < 1.29 is 13.2 Å². The third-order valence-corrected chi connectivity index (χ3v) is 3.16. The minimum absolute atomic E-state index is 0.259. The number of nitrogens with one attached hydrogen (secondary N) is 2. The first-order chi connectivity index (χ1) is 11.0. The number of alkyl halides is 3. The number of imidazole rings is 1. The van der Waals surface area contributed by atoms with Crippen LogP contribution in [0.5, 0.6) is 0 Å². The van der Waals surface area contributed by atoms with Crippen molar-refractivity contribution in [3.63, 3.8) is 0 Å². The van der Waals surface area contributed by atoms with Crippen LogP contribution in [0.25, 0.3) is 0 Å². The maximum atomic E-state index is 12.7. The number of guanidine groups is 1. The van der Waals surface area contributed by atoms with Crippen LogP contribution < -0.4 is 10.6 Å². The molecule has 0 unspecified atom stereocenters. The van der Waals surface area contributed by atoms with Crippen LogP contribution in [0.4, 0.5) is 13.2 Å². The summed E-state index contributed by atoms with van der Waals surface area (Å²) in [4.78, 5) is 7.98. The van der Waals surface area contributed by atoms with Crippen LogP contribution in [-0.2, 0) is 19.3 Å². The Morgan fingerprint density at radius 3 is 2.78 bits per heavy atom. The fraction of sp³-hybridized carbons (Fsp3) is 0.333. The van der Waals surface area contributed by atoms with Crippen molar-refractivity contribution in [1.82, 2.24) is 20.2 Å². The summed E-state index contributed by atoms with van der Waals surface area (Å²) < 4.78 is 39.9. The lowest BCUT2D eigenvalue weighted by molar-refractivity contribution is -0.137. The summed E-state index contributed by atoms with van der Waals surface area (Å²) in [5.74, 6) is 0.530. The maximum Gasteiger partial charge on any atom is 0.416 e. The summed E-state index contributed by atoms with van der Waals surface area (Å²) in [5.41, 5.74) is -0.114. The van der Waals surface area contributed by atoms with Gasteiger partial charge >= 0.3 is 6.18 Å². The molecular weight excluding hydrogens is 307 g/mol. The summed E-state index contributed by atoms with van der Waals surface area (Å²) in [6.45, 7) is 1.59. The van der Waals surface area contributed by atoms with Crippen molar-refractivity contribution in [2.75, 3.05) is 13.6 Å². The van der Waals surface area contributed by atoms with Gasteiger partial charge in [0, 0.05) is 39.1 Å². The molecule has 0 spiro atoms. The molecule has 2 rings (SSSR count). The molecule has 2 aromatic rings. The van der Waals surface area contributed by atoms with Crippen LogP contribution in [0.1, 0.15) is 11.1 Å². The van der Waals surface area contributed by atoms with E-state index in [4.69, 9.17) is 0 Å². The minimum atomic E-state index is -4.33. The third-order valence-electron chi connectivity index (χ3n) is 3.16. The Labute approximate surface area is 132 Å². The number of aliphatic imine (C=N–C) groups is 1. The zero-order valence-corrected chi connectivity index (χ0v) is 12.6. The van der Waals surface area contributed by atoms with Crippen LogP contribution >= 0.6 is 0 Å². The second-order valence-electron chi connectivity index (χ2n) is 4.85. The monoisotopic (exact) mass is 325 g/mol. The summed E-state index contributed by atoms with van der Waals surface area (Å²) in [6.07, 6.45) is 0.919. The first-order valence-corrected chi connectivity index (χ1v) is 7.05. The van der Waals surface area contributed by atoms with Gasteiger partial charge in [0.2, 0.25) is 0 Å². The molecule has 8 heteroatoms. The molecule has 0 bridgehead atoms. The van der Waals surface area contributed by atoms with Gasteiger partial charge in [0.15, 0.2) is 5.96 Å². The highest BCUT2D eigenvalue weighted by atomic mass is 19.4. The molecular formula is C15H18F3N5. The molecule has 0 radical (unpaired) electrons. The van der Waals surface area contributed by atoms with Crippen LogP contribution in [-0.4, -0.2) is 29.1 Å². The maximum absolute atomic E-state index is 12.7. The Morgan fingerprint density at radius 2 is 2.13 bits per heavy atom. The summed E-state index contributed by atoms with van der Waals surface area (Å²) >= 11 is 0. The van der Waals surface area contributed by atoms with Gasteiger partial charge in [-0.25, -0.2) is 4.98 Å². The second-order valence-corrected chi connectivity index (χ2v) is 4.85. The SMILES string of the molecule is CN=C(NCCn1ccnc1)NCc1cccc(C(F)(F)F)c1. The first kappa shape index (κ1) is 16.9. The fourth-order valence-electron chi connectivity index (χ4n) is 1.99. The lowest BCUT2D eigenvalue weighted by atomic mass is 10.1. The van der Waals surface area contributed by atoms with Crippen LogP contribution in [0.3, 0.4) is 0 Å². The van der Waals surface area contributed by atoms with E-state index in [1.807, 2.05) is 10.8 Å². The molecule has 0 aliphatic heterocycles. The quantitative estimate of drug-likeness (QED) is 0.655. The van der Waals surface area contributed by atoms with Gasteiger partial charge < -0.3 is 15.2 Å². The number of rotatable bonds is 5. The van der Waals surface area contributed by atoms with Gasteiger partial charge in [-0.15, -0.1) is 0 Å². The Kier molecular flexibility index (Phi) is 5.61. The van der Waals surface area contributed by atoms with Gasteiger partial charge in [-0.3, -0.25) is 4.99 Å². The van der Waals surface area contributed by atoms with Crippen LogP contribution in [0.2, 0.25) is 0 Å². The van der Waals surface area contributed by atoms with Gasteiger partial charge in [-0.2, -0.15) is 13.2 Å². The number of nitrogens with zero attached hydrogens (tertiary/aromatic N) is 3. The largest absolute Gasteiger partial charge is 0.416 e. The van der Waals surface area contributed by atoms with Crippen molar-refractivity contribution in [3.8, 4) is 0 Å². The predicted octanol–water partition coefficient (Wildman–Crippen LogP) is 2.27. The Hall–Kier alpha value is -2.51. The Bertz CT molecular complexity index is 635. The number of aromatic nitrogens is 2. The van der Waals surface area contributed by atoms with E-state index >= 15 is 0 Å². The van der Waals surface area contributed by atoms with E-state index in [9.17, 15) is 13.2 Å². The van der Waals surface area contributed by atoms with Gasteiger partial charge in [-0.05, 0) is 17.7 Å². The molecule has 5 nitrogen and oxygen atoms in total. The number of halogens is 3. The van der Waals surface area contributed by atoms with Crippen LogP contribution in [0.15, 0.2) is 48.0 Å². The van der Waals surface area contributed by atoms with Crippen molar-refractivity contribution in [1.29, 1.82) is 0 Å². The highest BCUT2D eigenvalue weighted by Crippen LogP contribution is 2.29. The topological polar surface area (TPSA) is 54.2 Å². The Morgan fingerprint density at radius 1 is 1.30 bits per heavy atom. The second kappa shape index (κ2) is 7.66. The molecule has 23 heavy (non-hydrogen) atoms. The highest BCUT2D eigenvalue weighted by Gasteiger charge is 2.30. The summed E-state index contributed by atoms with van der Waals surface area (Å²) in [5, 5.41) is 6.08. The third kappa shape index (κ3) is 5.32. The molecule has 0 aliphatic carbocycles. The van der Waals surface area contributed by atoms with Crippen LogP contribution in [0, 0.1) is 0 Å². The van der Waals surface area contributed by atoms with E-state index in [1.54, 1.807) is 25.6 Å². The van der Waals surface area contributed by atoms with E-state index in [-0.39, 0.29) is 6.54 Å². The van der Waals surface area contributed by atoms with E-state index in [2.05, 4.69) is 20.6 Å². The smallest absolute Gasteiger partial charge is 0.355 e. The predicted molar refractivity (Wildman–Crippen MR) is 81.9 cm³/mol. The lowest BCUT2D eigenvalue weighted by Gasteiger charge is -2.13. The summed E-state index contributed by atoms with van der Waals surface area (Å²) in [7, 11) is 1.61. The molecule has 0 amide bonds. The van der Waals surface area contributed by atoms with E-state index in [0.717, 1.165) is 12.1 Å². The average Bonchev–Trinajstić information content (AvgIpc) is 3.03. The first-order valence-electron chi connectivity index (χ1n) is 7.05. The standard InChI is InChI=1S/C15H18F3N5/c1-19-14(21-6-8-23-7-5-20-11-23)22-10-12-3-2-4-13(9-12)15(16,17)18/h2-5,7,9,11H,6,8,10H2,1H3,(H2,19,21,22). The molecule has 1 heterocycles. The van der Waals surface area contributed by atoms with Crippen molar-refractivity contribution in [2.45, 2.75) is 19.3 Å². The van der Waals surface area contributed by atoms with Crippen molar-refractivity contribution >= 4 is 5.96 Å². The van der Waals surface area contributed by atoms with E-state index in [0.29, 0.717) is 24.6 Å². The number of benzene rings is 1. The van der Waals surface area contributed by atoms with E-state index in [1.165, 1.54) is 6.07 Å². The molecule has 0 aliphatic rings. The molecule has 0 saturated heterocycles. The minimum Gasteiger partial charge on any atom is -0.355 e. The highest BCUT2D eigenvalue weighted by molar-refractivity contribution is 5.79. The van der Waals surface area contributed by atoms with Gasteiger partial charge in [0.05, 0.1) is 11.9 Å². The molecule has 0 saturated carbocycles. The van der Waals surface area contributed by atoms with Gasteiger partial charge in [0.1, 0.15) is 0 Å². The fourth-order valence-corrected chi connectivity index (χ4v) is 1.99. The molecule has 1 aromatic carbocycles. The molecule has 1 aromatic heterocycles. The summed E-state index contributed by atoms with van der Waals surface area (Å²) in [6, 6.07) is 5.23. The molecule has 2 N–H and O–H groups in total. The van der Waals surface area contributed by atoms with E-state index < -0.39 is 11.7 Å². The normalized spacial score (nSPS) is 12.3. The zero-order valence-electron chi connectivity index (χ0n) is 12.6. The number of hydrogen-bond donors (Lipinski definition) is 2. The van der Waals surface area contributed by atoms with Crippen molar-refractivity contribution in [3.05, 3.63) is 54.1 Å². The van der Waals surface area contributed by atoms with Gasteiger partial charge in [0.25, 0.3) is 0 Å². The number of hydrogen-bond acceptors (Lipinski definition) is 2. The molecule has 0 fully saturated rings. The molecule has 124 valence electrons. The molecule has 0 atom stereocenters. The van der Waals surface area contributed by atoms with Gasteiger partial charge in [-0.1, -0.05) is 12.1 Å². The average molecular weight is 325 g/mol. The Balaban J connectivity index is 1.83. The zero-order chi connectivity index (χ0) is 16.7.